The van der Waals surface area contributed by atoms with Gasteiger partial charge in [-0.25, -0.2) is 0 Å². The van der Waals surface area contributed by atoms with Gasteiger partial charge in [-0.3, -0.25) is 9.98 Å². The summed E-state index contributed by atoms with van der Waals surface area (Å²) < 4.78 is 11.8. The van der Waals surface area contributed by atoms with Crippen LogP contribution < -0.4 is 15.4 Å². The molecule has 0 spiro atoms. The van der Waals surface area contributed by atoms with Crippen molar-refractivity contribution in [3.8, 4) is 5.75 Å². The first-order valence-corrected chi connectivity index (χ1v) is 9.92. The number of pyridine rings is 1. The standard InChI is InChI=1S/C22H30N4O2.HI/c1-17-7-9-18(10-8-17)21-19(5-4-13-28-21)15-26-22(23-2)25-12-14-27-20-6-3-11-24-16-20;/h3,6-11,16,19,21H,4-5,12-15H2,1-2H3,(H2,23,25,26);1H. The number of nitrogens with zero attached hydrogens (tertiary/aromatic N) is 2. The fraction of sp³-hybridized carbons (Fsp3) is 0.455. The van der Waals surface area contributed by atoms with Gasteiger partial charge >= 0.3 is 0 Å². The van der Waals surface area contributed by atoms with E-state index in [2.05, 4.69) is 51.8 Å². The first kappa shape index (κ1) is 23.4. The van der Waals surface area contributed by atoms with Gasteiger partial charge in [-0.05, 0) is 37.5 Å². The van der Waals surface area contributed by atoms with Crippen LogP contribution in [0.4, 0.5) is 0 Å². The molecule has 1 aromatic carbocycles. The second-order valence-electron chi connectivity index (χ2n) is 7.02. The Kier molecular flexibility index (Phi) is 10.2. The molecule has 2 heterocycles. The molecule has 0 radical (unpaired) electrons. The van der Waals surface area contributed by atoms with Crippen molar-refractivity contribution in [3.05, 3.63) is 59.9 Å². The molecular formula is C22H31IN4O2. The van der Waals surface area contributed by atoms with Gasteiger partial charge < -0.3 is 20.1 Å². The molecule has 1 aromatic heterocycles. The van der Waals surface area contributed by atoms with Gasteiger partial charge in [-0.15, -0.1) is 24.0 Å². The zero-order valence-corrected chi connectivity index (χ0v) is 19.5. The van der Waals surface area contributed by atoms with E-state index in [-0.39, 0.29) is 30.1 Å². The van der Waals surface area contributed by atoms with Crippen molar-refractivity contribution in [2.45, 2.75) is 25.9 Å². The number of hydrogen-bond donors (Lipinski definition) is 2. The van der Waals surface area contributed by atoms with Gasteiger partial charge in [0, 0.05) is 32.3 Å². The number of aliphatic imine (C=N–C) groups is 1. The number of aromatic nitrogens is 1. The van der Waals surface area contributed by atoms with Crippen molar-refractivity contribution in [2.75, 3.05) is 33.4 Å². The Hall–Kier alpha value is -1.87. The molecule has 7 heteroatoms. The van der Waals surface area contributed by atoms with Crippen LogP contribution in [-0.2, 0) is 4.74 Å². The van der Waals surface area contributed by atoms with Crippen LogP contribution in [0.3, 0.4) is 0 Å². The molecule has 0 bridgehead atoms. The van der Waals surface area contributed by atoms with E-state index in [0.29, 0.717) is 19.1 Å². The van der Waals surface area contributed by atoms with Crippen LogP contribution in [0.5, 0.6) is 5.75 Å². The van der Waals surface area contributed by atoms with Gasteiger partial charge in [0.15, 0.2) is 5.96 Å². The highest BCUT2D eigenvalue weighted by molar-refractivity contribution is 14.0. The molecule has 0 amide bonds. The molecule has 1 aliphatic heterocycles. The van der Waals surface area contributed by atoms with Crippen LogP contribution in [0.25, 0.3) is 0 Å². The van der Waals surface area contributed by atoms with E-state index in [9.17, 15) is 0 Å². The van der Waals surface area contributed by atoms with Crippen LogP contribution in [0.1, 0.15) is 30.1 Å². The monoisotopic (exact) mass is 510 g/mol. The van der Waals surface area contributed by atoms with Gasteiger partial charge in [-0.1, -0.05) is 29.8 Å². The third-order valence-electron chi connectivity index (χ3n) is 4.90. The van der Waals surface area contributed by atoms with Gasteiger partial charge in [0.1, 0.15) is 12.4 Å². The zero-order chi connectivity index (χ0) is 19.6. The van der Waals surface area contributed by atoms with E-state index in [1.807, 2.05) is 12.1 Å². The summed E-state index contributed by atoms with van der Waals surface area (Å²) in [6.45, 7) is 4.97. The highest BCUT2D eigenvalue weighted by atomic mass is 127. The van der Waals surface area contributed by atoms with Crippen LogP contribution in [0.15, 0.2) is 53.8 Å². The van der Waals surface area contributed by atoms with E-state index in [1.165, 1.54) is 11.1 Å². The van der Waals surface area contributed by atoms with Gasteiger partial charge in [0.2, 0.25) is 0 Å². The fourth-order valence-electron chi connectivity index (χ4n) is 3.40. The summed E-state index contributed by atoms with van der Waals surface area (Å²) in [5.41, 5.74) is 2.53. The van der Waals surface area contributed by atoms with Crippen molar-refractivity contribution in [1.82, 2.24) is 15.6 Å². The highest BCUT2D eigenvalue weighted by Crippen LogP contribution is 2.33. The average Bonchev–Trinajstić information content (AvgIpc) is 2.75. The summed E-state index contributed by atoms with van der Waals surface area (Å²) >= 11 is 0. The molecule has 2 N–H and O–H groups in total. The van der Waals surface area contributed by atoms with Crippen LogP contribution in [0.2, 0.25) is 0 Å². The normalized spacial score (nSPS) is 19.2. The topological polar surface area (TPSA) is 67.8 Å². The molecule has 1 fully saturated rings. The summed E-state index contributed by atoms with van der Waals surface area (Å²) in [4.78, 5) is 8.35. The van der Waals surface area contributed by atoms with Gasteiger partial charge in [0.25, 0.3) is 0 Å². The third-order valence-corrected chi connectivity index (χ3v) is 4.90. The lowest BCUT2D eigenvalue weighted by atomic mass is 9.89. The van der Waals surface area contributed by atoms with Crippen LogP contribution >= 0.6 is 24.0 Å². The number of ether oxygens (including phenoxy) is 2. The Morgan fingerprint density at radius 2 is 2.07 bits per heavy atom. The SMILES string of the molecule is CN=C(NCCOc1cccnc1)NCC1CCCOC1c1ccc(C)cc1.I. The maximum absolute atomic E-state index is 6.10. The molecule has 1 saturated heterocycles. The Morgan fingerprint density at radius 3 is 2.79 bits per heavy atom. The number of rotatable bonds is 7. The molecule has 0 saturated carbocycles. The Bertz CT molecular complexity index is 740. The van der Waals surface area contributed by atoms with Crippen molar-refractivity contribution in [1.29, 1.82) is 0 Å². The van der Waals surface area contributed by atoms with E-state index in [4.69, 9.17) is 9.47 Å². The molecular weight excluding hydrogens is 479 g/mol. The van der Waals surface area contributed by atoms with E-state index < -0.39 is 0 Å². The molecule has 29 heavy (non-hydrogen) atoms. The molecule has 2 aromatic rings. The predicted molar refractivity (Wildman–Crippen MR) is 127 cm³/mol. The van der Waals surface area contributed by atoms with E-state index in [0.717, 1.165) is 37.7 Å². The summed E-state index contributed by atoms with van der Waals surface area (Å²) in [6, 6.07) is 12.4. The quantitative estimate of drug-likeness (QED) is 0.257. The molecule has 3 rings (SSSR count). The predicted octanol–water partition coefficient (Wildman–Crippen LogP) is 3.72. The Balaban J connectivity index is 0.00000300. The molecule has 0 aliphatic carbocycles. The fourth-order valence-corrected chi connectivity index (χ4v) is 3.40. The molecule has 158 valence electrons. The lowest BCUT2D eigenvalue weighted by Crippen LogP contribution is -2.43. The molecule has 6 nitrogen and oxygen atoms in total. The summed E-state index contributed by atoms with van der Waals surface area (Å²) in [6.07, 6.45) is 5.82. The molecule has 2 atom stereocenters. The Morgan fingerprint density at radius 1 is 1.24 bits per heavy atom. The number of aryl methyl sites for hydroxylation is 1. The first-order valence-electron chi connectivity index (χ1n) is 9.92. The second-order valence-corrected chi connectivity index (χ2v) is 7.02. The zero-order valence-electron chi connectivity index (χ0n) is 17.1. The lowest BCUT2D eigenvalue weighted by molar-refractivity contribution is -0.0265. The minimum absolute atomic E-state index is 0. The van der Waals surface area contributed by atoms with Crippen molar-refractivity contribution < 1.29 is 9.47 Å². The minimum Gasteiger partial charge on any atom is -0.490 e. The number of halogens is 1. The second kappa shape index (κ2) is 12.6. The van der Waals surface area contributed by atoms with Crippen molar-refractivity contribution in [2.24, 2.45) is 10.9 Å². The smallest absolute Gasteiger partial charge is 0.191 e. The maximum Gasteiger partial charge on any atom is 0.191 e. The minimum atomic E-state index is 0. The largest absolute Gasteiger partial charge is 0.490 e. The van der Waals surface area contributed by atoms with Gasteiger partial charge in [-0.2, -0.15) is 0 Å². The number of hydrogen-bond acceptors (Lipinski definition) is 4. The molecule has 1 aliphatic rings. The maximum atomic E-state index is 6.10. The Labute approximate surface area is 190 Å². The summed E-state index contributed by atoms with van der Waals surface area (Å²) in [7, 11) is 1.78. The van der Waals surface area contributed by atoms with Crippen molar-refractivity contribution in [3.63, 3.8) is 0 Å². The lowest BCUT2D eigenvalue weighted by Gasteiger charge is -2.32. The number of benzene rings is 1. The number of nitrogens with one attached hydrogen (secondary N) is 2. The third kappa shape index (κ3) is 7.47. The summed E-state index contributed by atoms with van der Waals surface area (Å²) in [5.74, 6) is 1.97. The average molecular weight is 510 g/mol. The summed E-state index contributed by atoms with van der Waals surface area (Å²) in [5, 5.41) is 6.73. The van der Waals surface area contributed by atoms with Crippen molar-refractivity contribution >= 4 is 29.9 Å². The first-order chi connectivity index (χ1) is 13.8. The van der Waals surface area contributed by atoms with Crippen LogP contribution in [-0.4, -0.2) is 44.3 Å². The van der Waals surface area contributed by atoms with Gasteiger partial charge in [0.05, 0.1) is 18.8 Å². The molecule has 2 unspecified atom stereocenters. The number of guanidine groups is 1. The van der Waals surface area contributed by atoms with E-state index >= 15 is 0 Å². The highest BCUT2D eigenvalue weighted by Gasteiger charge is 2.27. The van der Waals surface area contributed by atoms with E-state index in [1.54, 1.807) is 19.4 Å². The van der Waals surface area contributed by atoms with Crippen LogP contribution in [0, 0.1) is 12.8 Å².